The van der Waals surface area contributed by atoms with E-state index in [2.05, 4.69) is 6.07 Å². The number of carbonyl (C=O) groups is 1. The first-order chi connectivity index (χ1) is 6.81. The van der Waals surface area contributed by atoms with E-state index in [4.69, 9.17) is 0 Å². The van der Waals surface area contributed by atoms with Gasteiger partial charge in [0.1, 0.15) is 0 Å². The summed E-state index contributed by atoms with van der Waals surface area (Å²) in [5.74, 6) is 0.270. The van der Waals surface area contributed by atoms with E-state index in [-0.39, 0.29) is 5.78 Å². The van der Waals surface area contributed by atoms with E-state index < -0.39 is 0 Å². The lowest BCUT2D eigenvalue weighted by Gasteiger charge is -2.02. The van der Waals surface area contributed by atoms with E-state index in [1.54, 1.807) is 0 Å². The van der Waals surface area contributed by atoms with Crippen LogP contribution in [0.2, 0.25) is 0 Å². The van der Waals surface area contributed by atoms with E-state index in [0.717, 1.165) is 5.52 Å². The third-order valence-electron chi connectivity index (χ3n) is 2.42. The van der Waals surface area contributed by atoms with Crippen molar-refractivity contribution in [2.24, 2.45) is 0 Å². The van der Waals surface area contributed by atoms with Crippen LogP contribution in [0, 0.1) is 0 Å². The van der Waals surface area contributed by atoms with Crippen LogP contribution in [-0.4, -0.2) is 10.4 Å². The van der Waals surface area contributed by atoms with Crippen LogP contribution < -0.4 is 0 Å². The van der Waals surface area contributed by atoms with Gasteiger partial charge in [-0.1, -0.05) is 25.1 Å². The lowest BCUT2D eigenvalue weighted by atomic mass is 10.2. The molecule has 2 rings (SSSR count). The number of fused-ring (bicyclic) bond motifs is 1. The number of para-hydroxylation sites is 1. The second-order valence-corrected chi connectivity index (χ2v) is 3.39. The van der Waals surface area contributed by atoms with Gasteiger partial charge in [-0.2, -0.15) is 0 Å². The van der Waals surface area contributed by atoms with Crippen molar-refractivity contribution in [3.63, 3.8) is 0 Å². The molecule has 1 aromatic heterocycles. The van der Waals surface area contributed by atoms with Gasteiger partial charge in [0, 0.05) is 18.1 Å². The first kappa shape index (κ1) is 9.00. The molecule has 14 heavy (non-hydrogen) atoms. The van der Waals surface area contributed by atoms with Gasteiger partial charge in [-0.15, -0.1) is 0 Å². The van der Waals surface area contributed by atoms with Crippen LogP contribution in [0.4, 0.5) is 0 Å². The third-order valence-corrected chi connectivity index (χ3v) is 2.42. The fraction of sp³-hybridized carbons (Fsp3) is 0.250. The maximum atomic E-state index is 11.3. The molecule has 1 aromatic carbocycles. The summed E-state index contributed by atoms with van der Waals surface area (Å²) in [5.41, 5.74) is 1.13. The van der Waals surface area contributed by atoms with Gasteiger partial charge >= 0.3 is 0 Å². The van der Waals surface area contributed by atoms with Crippen LogP contribution >= 0.6 is 0 Å². The Morgan fingerprint density at radius 2 is 2.07 bits per heavy atom. The van der Waals surface area contributed by atoms with Crippen molar-refractivity contribution >= 4 is 16.7 Å². The third kappa shape index (κ3) is 1.55. The predicted molar refractivity (Wildman–Crippen MR) is 57.2 cm³/mol. The van der Waals surface area contributed by atoms with Crippen molar-refractivity contribution < 1.29 is 4.79 Å². The molecule has 72 valence electrons. The average molecular weight is 187 g/mol. The van der Waals surface area contributed by atoms with E-state index in [1.807, 2.05) is 42.0 Å². The molecule has 0 spiro atoms. The Morgan fingerprint density at radius 1 is 1.29 bits per heavy atom. The number of hydrogen-bond donors (Lipinski definition) is 0. The van der Waals surface area contributed by atoms with E-state index in [1.165, 1.54) is 5.39 Å². The topological polar surface area (TPSA) is 22.0 Å². The van der Waals surface area contributed by atoms with Crippen LogP contribution in [0.15, 0.2) is 36.5 Å². The zero-order valence-corrected chi connectivity index (χ0v) is 8.23. The number of hydrogen-bond acceptors (Lipinski definition) is 1. The second kappa shape index (κ2) is 3.66. The summed E-state index contributed by atoms with van der Waals surface area (Å²) in [5, 5.41) is 1.19. The van der Waals surface area contributed by atoms with Gasteiger partial charge in [0.25, 0.3) is 0 Å². The molecule has 0 radical (unpaired) electrons. The lowest BCUT2D eigenvalue weighted by molar-refractivity contribution is -0.119. The van der Waals surface area contributed by atoms with E-state index >= 15 is 0 Å². The van der Waals surface area contributed by atoms with Crippen LogP contribution in [0.5, 0.6) is 0 Å². The van der Waals surface area contributed by atoms with Crippen LogP contribution in [0.1, 0.15) is 13.3 Å². The highest BCUT2D eigenvalue weighted by Crippen LogP contribution is 2.14. The SMILES string of the molecule is CCC(=O)Cn1ccc2ccccc21. The summed E-state index contributed by atoms with van der Waals surface area (Å²) >= 11 is 0. The van der Waals surface area contributed by atoms with Crippen molar-refractivity contribution in [2.75, 3.05) is 0 Å². The average Bonchev–Trinajstić information content (AvgIpc) is 2.62. The Morgan fingerprint density at radius 3 is 2.86 bits per heavy atom. The van der Waals surface area contributed by atoms with E-state index in [9.17, 15) is 4.79 Å². The second-order valence-electron chi connectivity index (χ2n) is 3.39. The maximum absolute atomic E-state index is 11.3. The summed E-state index contributed by atoms with van der Waals surface area (Å²) in [6, 6.07) is 10.1. The smallest absolute Gasteiger partial charge is 0.152 e. The standard InChI is InChI=1S/C12H13NO/c1-2-11(14)9-13-8-7-10-5-3-4-6-12(10)13/h3-8H,2,9H2,1H3. The Balaban J connectivity index is 2.38. The molecule has 2 aromatic rings. The highest BCUT2D eigenvalue weighted by Gasteiger charge is 2.03. The lowest BCUT2D eigenvalue weighted by Crippen LogP contribution is -2.07. The fourth-order valence-corrected chi connectivity index (χ4v) is 1.58. The Labute approximate surface area is 83.2 Å². The summed E-state index contributed by atoms with van der Waals surface area (Å²) in [6.07, 6.45) is 2.57. The maximum Gasteiger partial charge on any atom is 0.152 e. The molecule has 0 aliphatic carbocycles. The van der Waals surface area contributed by atoms with Crippen molar-refractivity contribution in [3.05, 3.63) is 36.5 Å². The summed E-state index contributed by atoms with van der Waals surface area (Å²) in [4.78, 5) is 11.3. The Hall–Kier alpha value is -1.57. The number of carbonyl (C=O) groups excluding carboxylic acids is 1. The van der Waals surface area contributed by atoms with Crippen molar-refractivity contribution in [3.8, 4) is 0 Å². The normalized spacial score (nSPS) is 10.6. The first-order valence-electron chi connectivity index (χ1n) is 4.87. The quantitative estimate of drug-likeness (QED) is 0.724. The molecule has 1 heterocycles. The van der Waals surface area contributed by atoms with Gasteiger partial charge in [0.15, 0.2) is 5.78 Å². The highest BCUT2D eigenvalue weighted by molar-refractivity contribution is 5.83. The molecule has 0 N–H and O–H groups in total. The van der Waals surface area contributed by atoms with Crippen molar-refractivity contribution in [1.29, 1.82) is 0 Å². The number of Topliss-reactive ketones (excluding diaryl/α,β-unsaturated/α-hetero) is 1. The summed E-state index contributed by atoms with van der Waals surface area (Å²) in [7, 11) is 0. The van der Waals surface area contributed by atoms with Gasteiger partial charge in [0.2, 0.25) is 0 Å². The van der Waals surface area contributed by atoms with Crippen LogP contribution in [-0.2, 0) is 11.3 Å². The highest BCUT2D eigenvalue weighted by atomic mass is 16.1. The molecule has 2 nitrogen and oxygen atoms in total. The Kier molecular flexibility index (Phi) is 2.35. The molecule has 2 heteroatoms. The van der Waals surface area contributed by atoms with Crippen molar-refractivity contribution in [2.45, 2.75) is 19.9 Å². The first-order valence-corrected chi connectivity index (χ1v) is 4.87. The molecule has 0 fully saturated rings. The van der Waals surface area contributed by atoms with E-state index in [0.29, 0.717) is 13.0 Å². The largest absolute Gasteiger partial charge is 0.340 e. The predicted octanol–water partition coefficient (Wildman–Crippen LogP) is 2.62. The summed E-state index contributed by atoms with van der Waals surface area (Å²) < 4.78 is 2.00. The zero-order chi connectivity index (χ0) is 9.97. The Bertz CT molecular complexity index is 456. The number of benzene rings is 1. The monoisotopic (exact) mass is 187 g/mol. The van der Waals surface area contributed by atoms with Crippen LogP contribution in [0.25, 0.3) is 10.9 Å². The van der Waals surface area contributed by atoms with Gasteiger partial charge in [-0.3, -0.25) is 4.79 Å². The molecule has 0 amide bonds. The molecule has 0 aliphatic heterocycles. The van der Waals surface area contributed by atoms with Crippen LogP contribution in [0.3, 0.4) is 0 Å². The molecule has 0 saturated carbocycles. The van der Waals surface area contributed by atoms with Gasteiger partial charge < -0.3 is 4.57 Å². The zero-order valence-electron chi connectivity index (χ0n) is 8.23. The molecule has 0 bridgehead atoms. The summed E-state index contributed by atoms with van der Waals surface area (Å²) in [6.45, 7) is 2.39. The molecule has 0 aliphatic rings. The molecule has 0 unspecified atom stereocenters. The fourth-order valence-electron chi connectivity index (χ4n) is 1.58. The molecule has 0 saturated heterocycles. The molecular formula is C12H13NO. The van der Waals surface area contributed by atoms with Gasteiger partial charge in [-0.25, -0.2) is 0 Å². The number of nitrogens with zero attached hydrogens (tertiary/aromatic N) is 1. The molecule has 0 atom stereocenters. The van der Waals surface area contributed by atoms with Crippen molar-refractivity contribution in [1.82, 2.24) is 4.57 Å². The number of aromatic nitrogens is 1. The minimum absolute atomic E-state index is 0.270. The number of ketones is 1. The molecular weight excluding hydrogens is 174 g/mol. The minimum Gasteiger partial charge on any atom is -0.340 e. The van der Waals surface area contributed by atoms with Gasteiger partial charge in [0.05, 0.1) is 6.54 Å². The van der Waals surface area contributed by atoms with Gasteiger partial charge in [-0.05, 0) is 17.5 Å². The number of rotatable bonds is 3. The minimum atomic E-state index is 0.270.